The number of nitrogens with zero attached hydrogens (tertiary/aromatic N) is 2. The van der Waals surface area contributed by atoms with Gasteiger partial charge in [0.1, 0.15) is 5.03 Å². The summed E-state index contributed by atoms with van der Waals surface area (Å²) >= 11 is 1.62. The van der Waals surface area contributed by atoms with Gasteiger partial charge in [-0.15, -0.1) is 0 Å². The zero-order valence-corrected chi connectivity index (χ0v) is 10.8. The Labute approximate surface area is 105 Å². The van der Waals surface area contributed by atoms with Gasteiger partial charge in [-0.2, -0.15) is 0 Å². The Morgan fingerprint density at radius 2 is 1.94 bits per heavy atom. The molecule has 1 aromatic heterocycles. The van der Waals surface area contributed by atoms with Gasteiger partial charge >= 0.3 is 0 Å². The number of nitrogens with two attached hydrogens (primary N) is 1. The highest BCUT2D eigenvalue weighted by Gasteiger charge is 2.01. The summed E-state index contributed by atoms with van der Waals surface area (Å²) in [6.07, 6.45) is 3.49. The van der Waals surface area contributed by atoms with Crippen molar-refractivity contribution in [2.75, 3.05) is 0 Å². The SMILES string of the molecule is Cc1ccc(Sc2cnc(CN)cn2)cc1C. The lowest BCUT2D eigenvalue weighted by atomic mass is 10.1. The van der Waals surface area contributed by atoms with Crippen molar-refractivity contribution < 1.29 is 0 Å². The lowest BCUT2D eigenvalue weighted by Crippen LogP contribution is -1.99. The molecule has 17 heavy (non-hydrogen) atoms. The summed E-state index contributed by atoms with van der Waals surface area (Å²) in [6.45, 7) is 4.66. The minimum atomic E-state index is 0.432. The monoisotopic (exact) mass is 245 g/mol. The van der Waals surface area contributed by atoms with Crippen molar-refractivity contribution in [2.45, 2.75) is 30.3 Å². The van der Waals surface area contributed by atoms with Crippen LogP contribution in [0.2, 0.25) is 0 Å². The van der Waals surface area contributed by atoms with Gasteiger partial charge in [0.2, 0.25) is 0 Å². The number of hydrogen-bond donors (Lipinski definition) is 1. The largest absolute Gasteiger partial charge is 0.325 e. The summed E-state index contributed by atoms with van der Waals surface area (Å²) in [5, 5.41) is 0.894. The predicted octanol–water partition coefficient (Wildman–Crippen LogP) is 2.70. The standard InChI is InChI=1S/C13H15N3S/c1-9-3-4-12(5-10(9)2)17-13-8-15-11(6-14)7-16-13/h3-5,7-8H,6,14H2,1-2H3. The van der Waals surface area contributed by atoms with Gasteiger partial charge in [-0.25, -0.2) is 4.98 Å². The molecule has 0 amide bonds. The van der Waals surface area contributed by atoms with E-state index < -0.39 is 0 Å². The van der Waals surface area contributed by atoms with E-state index >= 15 is 0 Å². The van der Waals surface area contributed by atoms with E-state index in [1.54, 1.807) is 24.2 Å². The average Bonchev–Trinajstić information content (AvgIpc) is 2.35. The van der Waals surface area contributed by atoms with Crippen molar-refractivity contribution in [3.8, 4) is 0 Å². The second kappa shape index (κ2) is 5.29. The molecule has 4 heteroatoms. The van der Waals surface area contributed by atoms with Crippen LogP contribution in [-0.4, -0.2) is 9.97 Å². The smallest absolute Gasteiger partial charge is 0.119 e. The van der Waals surface area contributed by atoms with E-state index in [0.717, 1.165) is 10.7 Å². The van der Waals surface area contributed by atoms with Crippen molar-refractivity contribution in [1.29, 1.82) is 0 Å². The van der Waals surface area contributed by atoms with Crippen LogP contribution in [0.15, 0.2) is 40.5 Å². The summed E-state index contributed by atoms with van der Waals surface area (Å²) < 4.78 is 0. The van der Waals surface area contributed by atoms with Crippen LogP contribution in [0.25, 0.3) is 0 Å². The maximum Gasteiger partial charge on any atom is 0.119 e. The van der Waals surface area contributed by atoms with Gasteiger partial charge in [0.15, 0.2) is 0 Å². The molecule has 0 bridgehead atoms. The first-order valence-corrected chi connectivity index (χ1v) is 6.27. The fraction of sp³-hybridized carbons (Fsp3) is 0.231. The van der Waals surface area contributed by atoms with E-state index in [1.165, 1.54) is 16.0 Å². The van der Waals surface area contributed by atoms with Gasteiger partial charge in [0.25, 0.3) is 0 Å². The minimum Gasteiger partial charge on any atom is -0.325 e. The zero-order chi connectivity index (χ0) is 12.3. The highest BCUT2D eigenvalue weighted by Crippen LogP contribution is 2.26. The molecule has 0 unspecified atom stereocenters. The Morgan fingerprint density at radius 3 is 2.53 bits per heavy atom. The summed E-state index contributed by atoms with van der Waals surface area (Å²) in [7, 11) is 0. The van der Waals surface area contributed by atoms with Crippen molar-refractivity contribution in [1.82, 2.24) is 9.97 Å². The molecule has 2 N–H and O–H groups in total. The quantitative estimate of drug-likeness (QED) is 0.903. The summed E-state index contributed by atoms with van der Waals surface area (Å²) in [5.74, 6) is 0. The Kier molecular flexibility index (Phi) is 3.76. The summed E-state index contributed by atoms with van der Waals surface area (Å²) in [6, 6.07) is 6.39. The zero-order valence-electron chi connectivity index (χ0n) is 9.97. The molecule has 1 heterocycles. The van der Waals surface area contributed by atoms with Crippen LogP contribution < -0.4 is 5.73 Å². The average molecular weight is 245 g/mol. The lowest BCUT2D eigenvalue weighted by Gasteiger charge is -2.04. The number of benzene rings is 1. The third-order valence-electron chi connectivity index (χ3n) is 2.59. The van der Waals surface area contributed by atoms with Crippen LogP contribution in [0, 0.1) is 13.8 Å². The Bertz CT molecular complexity index is 509. The second-order valence-corrected chi connectivity index (χ2v) is 4.99. The van der Waals surface area contributed by atoms with Gasteiger partial charge in [0.05, 0.1) is 18.1 Å². The molecule has 2 aromatic rings. The molecule has 1 aromatic carbocycles. The number of hydrogen-bond acceptors (Lipinski definition) is 4. The number of aryl methyl sites for hydroxylation is 2. The summed E-state index contributed by atoms with van der Waals surface area (Å²) in [5.41, 5.74) is 8.89. The van der Waals surface area contributed by atoms with E-state index in [0.29, 0.717) is 6.54 Å². The van der Waals surface area contributed by atoms with Crippen LogP contribution in [0.5, 0.6) is 0 Å². The molecular formula is C13H15N3S. The summed E-state index contributed by atoms with van der Waals surface area (Å²) in [4.78, 5) is 9.73. The third-order valence-corrected chi connectivity index (χ3v) is 3.50. The van der Waals surface area contributed by atoms with E-state index in [4.69, 9.17) is 5.73 Å². The van der Waals surface area contributed by atoms with Gasteiger partial charge < -0.3 is 5.73 Å². The Balaban J connectivity index is 2.16. The second-order valence-electron chi connectivity index (χ2n) is 3.90. The molecule has 0 atom stereocenters. The molecule has 3 nitrogen and oxygen atoms in total. The first-order valence-electron chi connectivity index (χ1n) is 5.45. The molecule has 0 aliphatic heterocycles. The predicted molar refractivity (Wildman–Crippen MR) is 70.0 cm³/mol. The molecule has 0 fully saturated rings. The maximum absolute atomic E-state index is 5.48. The van der Waals surface area contributed by atoms with Crippen molar-refractivity contribution >= 4 is 11.8 Å². The van der Waals surface area contributed by atoms with E-state index in [-0.39, 0.29) is 0 Å². The van der Waals surface area contributed by atoms with Crippen molar-refractivity contribution in [3.05, 3.63) is 47.4 Å². The van der Waals surface area contributed by atoms with Gasteiger partial charge in [-0.3, -0.25) is 4.98 Å². The highest BCUT2D eigenvalue weighted by molar-refractivity contribution is 7.99. The maximum atomic E-state index is 5.48. The third kappa shape index (κ3) is 3.05. The van der Waals surface area contributed by atoms with Crippen LogP contribution in [0.4, 0.5) is 0 Å². The first kappa shape index (κ1) is 12.1. The molecular weight excluding hydrogens is 230 g/mol. The van der Waals surface area contributed by atoms with Gasteiger partial charge in [-0.05, 0) is 37.1 Å². The molecule has 0 saturated heterocycles. The topological polar surface area (TPSA) is 51.8 Å². The van der Waals surface area contributed by atoms with Crippen LogP contribution in [0.3, 0.4) is 0 Å². The normalized spacial score (nSPS) is 10.5. The molecule has 88 valence electrons. The van der Waals surface area contributed by atoms with E-state index in [9.17, 15) is 0 Å². The number of rotatable bonds is 3. The van der Waals surface area contributed by atoms with Crippen molar-refractivity contribution in [2.24, 2.45) is 5.73 Å². The molecule has 0 saturated carbocycles. The first-order chi connectivity index (χ1) is 8.19. The Hall–Kier alpha value is -1.39. The van der Waals surface area contributed by atoms with Gasteiger partial charge in [0, 0.05) is 11.4 Å². The molecule has 0 aliphatic carbocycles. The van der Waals surface area contributed by atoms with Crippen LogP contribution >= 0.6 is 11.8 Å². The molecule has 0 radical (unpaired) electrons. The molecule has 0 spiro atoms. The van der Waals surface area contributed by atoms with E-state index in [2.05, 4.69) is 42.0 Å². The fourth-order valence-corrected chi connectivity index (χ4v) is 2.22. The highest BCUT2D eigenvalue weighted by atomic mass is 32.2. The molecule has 2 rings (SSSR count). The minimum absolute atomic E-state index is 0.432. The lowest BCUT2D eigenvalue weighted by molar-refractivity contribution is 0.923. The number of aromatic nitrogens is 2. The van der Waals surface area contributed by atoms with Gasteiger partial charge in [-0.1, -0.05) is 17.8 Å². The Morgan fingerprint density at radius 1 is 1.12 bits per heavy atom. The van der Waals surface area contributed by atoms with Crippen LogP contribution in [-0.2, 0) is 6.54 Å². The van der Waals surface area contributed by atoms with E-state index in [1.807, 2.05) is 0 Å². The van der Waals surface area contributed by atoms with Crippen molar-refractivity contribution in [3.63, 3.8) is 0 Å². The fourth-order valence-electron chi connectivity index (χ4n) is 1.40. The van der Waals surface area contributed by atoms with Crippen LogP contribution in [0.1, 0.15) is 16.8 Å². The molecule has 0 aliphatic rings.